The highest BCUT2D eigenvalue weighted by Gasteiger charge is 2.53. The van der Waals surface area contributed by atoms with Gasteiger partial charge in [-0.15, -0.1) is 11.3 Å². The van der Waals surface area contributed by atoms with Gasteiger partial charge < -0.3 is 26.0 Å². The Bertz CT molecular complexity index is 1320. The van der Waals surface area contributed by atoms with Crippen molar-refractivity contribution >= 4 is 29.1 Å². The van der Waals surface area contributed by atoms with Gasteiger partial charge in [-0.25, -0.2) is 9.37 Å². The number of rotatable bonds is 9. The summed E-state index contributed by atoms with van der Waals surface area (Å²) < 4.78 is 14.5. The second kappa shape index (κ2) is 12.6. The number of aliphatic hydroxyl groups is 1. The van der Waals surface area contributed by atoms with E-state index in [-0.39, 0.29) is 37.8 Å². The number of aromatic nitrogens is 1. The zero-order valence-corrected chi connectivity index (χ0v) is 26.3. The van der Waals surface area contributed by atoms with E-state index in [1.165, 1.54) is 4.90 Å². The van der Waals surface area contributed by atoms with Crippen molar-refractivity contribution in [1.82, 2.24) is 25.8 Å². The van der Waals surface area contributed by atoms with E-state index >= 15 is 0 Å². The second-order valence-corrected chi connectivity index (χ2v) is 14.4. The van der Waals surface area contributed by atoms with E-state index in [4.69, 9.17) is 0 Å². The third-order valence-corrected chi connectivity index (χ3v) is 9.99. The third kappa shape index (κ3) is 7.26. The molecule has 0 bridgehead atoms. The van der Waals surface area contributed by atoms with Crippen molar-refractivity contribution in [3.8, 4) is 10.4 Å². The number of carbonyl (C=O) groups is 3. The number of nitrogens with zero attached hydrogens (tertiary/aromatic N) is 2. The average Bonchev–Trinajstić information content (AvgIpc) is 3.38. The molecule has 1 aliphatic carbocycles. The molecule has 3 heterocycles. The molecule has 3 fully saturated rings. The zero-order chi connectivity index (χ0) is 30.9. The summed E-state index contributed by atoms with van der Waals surface area (Å²) in [5, 5.41) is 19.8. The van der Waals surface area contributed by atoms with Crippen LogP contribution in [0.5, 0.6) is 0 Å². The maximum absolute atomic E-state index is 14.5. The summed E-state index contributed by atoms with van der Waals surface area (Å²) in [4.78, 5) is 47.2. The van der Waals surface area contributed by atoms with E-state index in [1.807, 2.05) is 24.6 Å². The first kappa shape index (κ1) is 31.5. The third-order valence-electron chi connectivity index (χ3n) is 9.01. The van der Waals surface area contributed by atoms with Gasteiger partial charge in [0.05, 0.1) is 28.2 Å². The minimum Gasteiger partial charge on any atom is -0.391 e. The number of aliphatic hydroxyl groups excluding tert-OH is 1. The number of piperidine rings is 1. The van der Waals surface area contributed by atoms with Crippen LogP contribution in [0.2, 0.25) is 0 Å². The van der Waals surface area contributed by atoms with E-state index in [1.54, 1.807) is 32.1 Å². The van der Waals surface area contributed by atoms with Crippen LogP contribution in [-0.2, 0) is 14.4 Å². The van der Waals surface area contributed by atoms with Crippen molar-refractivity contribution in [1.29, 1.82) is 0 Å². The molecule has 2 aliphatic heterocycles. The molecule has 2 aromatic rings. The van der Waals surface area contributed by atoms with Crippen molar-refractivity contribution in [3.63, 3.8) is 0 Å². The Labute approximate surface area is 257 Å². The first-order valence-electron chi connectivity index (χ1n) is 15.4. The normalized spacial score (nSPS) is 23.4. The Balaban J connectivity index is 1.35. The lowest BCUT2D eigenvalue weighted by molar-refractivity contribution is -0.145. The van der Waals surface area contributed by atoms with Crippen molar-refractivity contribution in [3.05, 3.63) is 41.0 Å². The number of β-amino-alcohol motifs (C(OH)–C–C–N with tert-alkyl or cyclic N) is 1. The lowest BCUT2D eigenvalue weighted by Crippen LogP contribution is -2.59. The van der Waals surface area contributed by atoms with E-state index in [9.17, 15) is 23.9 Å². The summed E-state index contributed by atoms with van der Waals surface area (Å²) in [6.45, 7) is 9.21. The molecular weight excluding hydrogens is 569 g/mol. The largest absolute Gasteiger partial charge is 0.391 e. The smallest absolute Gasteiger partial charge is 0.258 e. The Morgan fingerprint density at radius 1 is 1.16 bits per heavy atom. The maximum atomic E-state index is 14.5. The number of hydrogen-bond donors (Lipinski definition) is 4. The first-order valence-corrected chi connectivity index (χ1v) is 16.2. The van der Waals surface area contributed by atoms with Crippen LogP contribution in [0.25, 0.3) is 10.4 Å². The minimum absolute atomic E-state index is 0.0258. The van der Waals surface area contributed by atoms with Crippen LogP contribution in [0.3, 0.4) is 0 Å². The molecule has 2 saturated heterocycles. The van der Waals surface area contributed by atoms with Gasteiger partial charge in [0.2, 0.25) is 11.8 Å². The van der Waals surface area contributed by atoms with Gasteiger partial charge in [-0.05, 0) is 74.6 Å². The molecular formula is C32H44FN5O4S. The van der Waals surface area contributed by atoms with Crippen LogP contribution in [0, 0.1) is 18.3 Å². The summed E-state index contributed by atoms with van der Waals surface area (Å²) in [5.41, 5.74) is 2.20. The lowest BCUT2D eigenvalue weighted by Gasteiger charge is -2.36. The number of aryl methyl sites for hydroxylation is 1. The van der Waals surface area contributed by atoms with Crippen molar-refractivity contribution in [2.45, 2.75) is 96.1 Å². The molecule has 9 nitrogen and oxygen atoms in total. The van der Waals surface area contributed by atoms with Crippen LogP contribution >= 0.6 is 11.3 Å². The van der Waals surface area contributed by atoms with Crippen LogP contribution < -0.4 is 16.0 Å². The summed E-state index contributed by atoms with van der Waals surface area (Å²) in [6, 6.07) is 5.98. The standard InChI is InChI=1S/C32H44FN5O4S/c1-19-26(43-18-35-19)22-7-5-21(6-8-22)24(15-20-9-13-34-14-10-20)36-28(40)25-16-23(39)17-38(25)29(41)27(31(2,3)4)37-30(42)32(33)11-12-32/h5-8,18,20,23-25,27,34,39H,9-17H2,1-4H3,(H,36,40)(H,37,42)/t23-,24+,25+,27-/m1/s1. The quantitative estimate of drug-likeness (QED) is 0.342. The summed E-state index contributed by atoms with van der Waals surface area (Å²) >= 11 is 1.59. The number of alkyl halides is 1. The average molecular weight is 614 g/mol. The summed E-state index contributed by atoms with van der Waals surface area (Å²) in [6.07, 6.45) is 2.28. The molecule has 43 heavy (non-hydrogen) atoms. The number of amides is 3. The van der Waals surface area contributed by atoms with Crippen molar-refractivity contribution in [2.75, 3.05) is 19.6 Å². The Kier molecular flexibility index (Phi) is 9.25. The van der Waals surface area contributed by atoms with Crippen LogP contribution in [0.1, 0.15) is 76.6 Å². The zero-order valence-electron chi connectivity index (χ0n) is 25.5. The summed E-state index contributed by atoms with van der Waals surface area (Å²) in [7, 11) is 0. The number of halogens is 1. The molecule has 1 aromatic carbocycles. The molecule has 11 heteroatoms. The van der Waals surface area contributed by atoms with Gasteiger partial charge in [-0.3, -0.25) is 14.4 Å². The maximum Gasteiger partial charge on any atom is 0.258 e. The highest BCUT2D eigenvalue weighted by atomic mass is 32.1. The Morgan fingerprint density at radius 3 is 2.42 bits per heavy atom. The Hall–Kier alpha value is -2.89. The SMILES string of the molecule is Cc1ncsc1-c1ccc([C@H](CC2CCNCC2)NC(=O)[C@@H]2C[C@@H](O)CN2C(=O)[C@@H](NC(=O)C2(F)CC2)C(C)(C)C)cc1. The monoisotopic (exact) mass is 613 g/mol. The topological polar surface area (TPSA) is 124 Å². The fourth-order valence-corrected chi connectivity index (χ4v) is 6.97. The Morgan fingerprint density at radius 2 is 1.84 bits per heavy atom. The molecule has 0 unspecified atom stereocenters. The summed E-state index contributed by atoms with van der Waals surface area (Å²) in [5.74, 6) is -1.19. The van der Waals surface area contributed by atoms with Gasteiger partial charge in [0.1, 0.15) is 12.1 Å². The van der Waals surface area contributed by atoms with Gasteiger partial charge in [0, 0.05) is 13.0 Å². The molecule has 5 rings (SSSR count). The van der Waals surface area contributed by atoms with Gasteiger partial charge in [-0.2, -0.15) is 0 Å². The molecule has 3 amide bonds. The van der Waals surface area contributed by atoms with E-state index < -0.39 is 41.1 Å². The fraction of sp³-hybridized carbons (Fsp3) is 0.625. The van der Waals surface area contributed by atoms with Crippen LogP contribution in [0.4, 0.5) is 4.39 Å². The van der Waals surface area contributed by atoms with Gasteiger partial charge in [0.25, 0.3) is 5.91 Å². The molecule has 234 valence electrons. The van der Waals surface area contributed by atoms with Crippen LogP contribution in [-0.4, -0.2) is 76.2 Å². The van der Waals surface area contributed by atoms with Gasteiger partial charge in [0.15, 0.2) is 5.67 Å². The highest BCUT2D eigenvalue weighted by molar-refractivity contribution is 7.13. The van der Waals surface area contributed by atoms with Crippen LogP contribution in [0.15, 0.2) is 29.8 Å². The second-order valence-electron chi connectivity index (χ2n) is 13.5. The fourth-order valence-electron chi connectivity index (χ4n) is 6.16. The number of hydrogen-bond acceptors (Lipinski definition) is 7. The molecule has 4 atom stereocenters. The van der Waals surface area contributed by atoms with Crippen molar-refractivity contribution in [2.24, 2.45) is 11.3 Å². The van der Waals surface area contributed by atoms with E-state index in [2.05, 4.69) is 33.1 Å². The first-order chi connectivity index (χ1) is 20.4. The number of carbonyl (C=O) groups excluding carboxylic acids is 3. The molecule has 1 saturated carbocycles. The van der Waals surface area contributed by atoms with Crippen molar-refractivity contribution < 1.29 is 23.9 Å². The number of likely N-dealkylation sites (tertiary alicyclic amines) is 1. The van der Waals surface area contributed by atoms with Gasteiger partial charge in [-0.1, -0.05) is 45.0 Å². The minimum atomic E-state index is -1.93. The molecule has 1 aromatic heterocycles. The molecule has 3 aliphatic rings. The predicted molar refractivity (Wildman–Crippen MR) is 164 cm³/mol. The van der Waals surface area contributed by atoms with E-state index in [0.29, 0.717) is 5.92 Å². The highest BCUT2D eigenvalue weighted by Crippen LogP contribution is 2.40. The molecule has 4 N–H and O–H groups in total. The lowest BCUT2D eigenvalue weighted by atomic mass is 9.85. The molecule has 0 radical (unpaired) electrons. The number of thiazole rings is 1. The molecule has 0 spiro atoms. The van der Waals surface area contributed by atoms with E-state index in [0.717, 1.165) is 54.0 Å². The number of benzene rings is 1. The van der Waals surface area contributed by atoms with Gasteiger partial charge >= 0.3 is 0 Å². The predicted octanol–water partition coefficient (Wildman–Crippen LogP) is 3.66. The number of nitrogens with one attached hydrogen (secondary N) is 3.